The fraction of sp³-hybridized carbons (Fsp3) is 1.00. The van der Waals surface area contributed by atoms with Crippen LogP contribution in [0.4, 0.5) is 0 Å². The van der Waals surface area contributed by atoms with Crippen molar-refractivity contribution >= 4 is 0 Å². The maximum absolute atomic E-state index is 3.31. The molecule has 0 fully saturated rings. The lowest BCUT2D eigenvalue weighted by Gasteiger charge is -2.30. The van der Waals surface area contributed by atoms with E-state index in [1.54, 1.807) is 0 Å². The first kappa shape index (κ1) is 9.92. The van der Waals surface area contributed by atoms with E-state index >= 15 is 0 Å². The maximum atomic E-state index is 3.31. The van der Waals surface area contributed by atoms with Crippen molar-refractivity contribution in [1.29, 1.82) is 0 Å². The summed E-state index contributed by atoms with van der Waals surface area (Å²) in [5, 5.41) is 2.26. The zero-order valence-corrected chi connectivity index (χ0v) is 7.81. The predicted octanol–water partition coefficient (Wildman–Crippen LogP) is 1.63. The molecule has 0 atom stereocenters. The minimum Gasteiger partial charge on any atom is -0.255 e. The van der Waals surface area contributed by atoms with Crippen LogP contribution in [0, 0.1) is 0 Å². The molecular weight excluding hydrogens is 124 g/mol. The Balaban J connectivity index is 3.73. The number of rotatable bonds is 4. The highest BCUT2D eigenvalue weighted by Crippen LogP contribution is 1.99. The topological polar surface area (TPSA) is 15.3 Å². The van der Waals surface area contributed by atoms with Gasteiger partial charge in [-0.1, -0.05) is 6.92 Å². The summed E-state index contributed by atoms with van der Waals surface area (Å²) < 4.78 is 0. The minimum absolute atomic E-state index is 0.583. The summed E-state index contributed by atoms with van der Waals surface area (Å²) in [4.78, 5) is 0. The average molecular weight is 144 g/mol. The van der Waals surface area contributed by atoms with Crippen molar-refractivity contribution in [3.63, 3.8) is 0 Å². The Morgan fingerprint density at radius 1 is 1.10 bits per heavy atom. The SMILES string of the molecule is CCNN(C(C)C)C(C)C. The van der Waals surface area contributed by atoms with E-state index in [0.717, 1.165) is 6.54 Å². The molecule has 0 saturated carbocycles. The molecule has 0 aliphatic rings. The van der Waals surface area contributed by atoms with Gasteiger partial charge in [-0.15, -0.1) is 0 Å². The van der Waals surface area contributed by atoms with Crippen LogP contribution in [0.2, 0.25) is 0 Å². The Morgan fingerprint density at radius 3 is 1.60 bits per heavy atom. The van der Waals surface area contributed by atoms with Gasteiger partial charge in [-0.25, -0.2) is 5.01 Å². The first-order valence-corrected chi connectivity index (χ1v) is 4.11. The molecule has 0 aromatic heterocycles. The highest BCUT2D eigenvalue weighted by Gasteiger charge is 2.10. The summed E-state index contributed by atoms with van der Waals surface area (Å²) in [5.41, 5.74) is 3.31. The monoisotopic (exact) mass is 144 g/mol. The van der Waals surface area contributed by atoms with Gasteiger partial charge in [0.05, 0.1) is 0 Å². The Bertz CT molecular complexity index is 71.3. The van der Waals surface area contributed by atoms with Gasteiger partial charge in [-0.3, -0.25) is 5.43 Å². The number of nitrogens with zero attached hydrogens (tertiary/aromatic N) is 1. The lowest BCUT2D eigenvalue weighted by molar-refractivity contribution is 0.106. The van der Waals surface area contributed by atoms with Gasteiger partial charge in [-0.2, -0.15) is 0 Å². The van der Waals surface area contributed by atoms with E-state index < -0.39 is 0 Å². The van der Waals surface area contributed by atoms with E-state index in [1.807, 2.05) is 0 Å². The molecule has 2 heteroatoms. The minimum atomic E-state index is 0.583. The second-order valence-electron chi connectivity index (χ2n) is 3.11. The number of hydrogen-bond donors (Lipinski definition) is 1. The van der Waals surface area contributed by atoms with Crippen LogP contribution in [0.1, 0.15) is 34.6 Å². The molecular formula is C8H20N2. The van der Waals surface area contributed by atoms with Crippen molar-refractivity contribution in [2.45, 2.75) is 46.7 Å². The quantitative estimate of drug-likeness (QED) is 0.603. The molecule has 1 N–H and O–H groups in total. The Morgan fingerprint density at radius 2 is 1.50 bits per heavy atom. The van der Waals surface area contributed by atoms with E-state index in [2.05, 4.69) is 45.1 Å². The Hall–Kier alpha value is -0.0800. The molecule has 0 heterocycles. The number of hydrazine groups is 1. The van der Waals surface area contributed by atoms with Crippen LogP contribution < -0.4 is 5.43 Å². The Labute approximate surface area is 64.6 Å². The smallest absolute Gasteiger partial charge is 0.0189 e. The second kappa shape index (κ2) is 4.69. The molecule has 0 unspecified atom stereocenters. The predicted molar refractivity (Wildman–Crippen MR) is 45.8 cm³/mol. The second-order valence-corrected chi connectivity index (χ2v) is 3.11. The van der Waals surface area contributed by atoms with Gasteiger partial charge >= 0.3 is 0 Å². The zero-order valence-electron chi connectivity index (χ0n) is 7.81. The summed E-state index contributed by atoms with van der Waals surface area (Å²) in [6.45, 7) is 11.9. The van der Waals surface area contributed by atoms with Crippen LogP contribution >= 0.6 is 0 Å². The van der Waals surface area contributed by atoms with Crippen LogP contribution in [-0.4, -0.2) is 23.6 Å². The molecule has 0 aliphatic heterocycles. The van der Waals surface area contributed by atoms with Crippen LogP contribution in [-0.2, 0) is 0 Å². The molecule has 0 aliphatic carbocycles. The van der Waals surface area contributed by atoms with Gasteiger partial charge in [0.15, 0.2) is 0 Å². The summed E-state index contributed by atoms with van der Waals surface area (Å²) in [6, 6.07) is 1.17. The van der Waals surface area contributed by atoms with Gasteiger partial charge in [0.2, 0.25) is 0 Å². The number of hydrogen-bond acceptors (Lipinski definition) is 2. The van der Waals surface area contributed by atoms with Crippen molar-refractivity contribution in [3.8, 4) is 0 Å². The first-order chi connectivity index (χ1) is 4.59. The van der Waals surface area contributed by atoms with E-state index in [-0.39, 0.29) is 0 Å². The third kappa shape index (κ3) is 3.18. The zero-order chi connectivity index (χ0) is 8.15. The summed E-state index contributed by atoms with van der Waals surface area (Å²) in [5.74, 6) is 0. The summed E-state index contributed by atoms with van der Waals surface area (Å²) >= 11 is 0. The molecule has 0 aromatic rings. The standard InChI is InChI=1S/C8H20N2/c1-6-9-10(7(2)3)8(4)5/h7-9H,6H2,1-5H3. The van der Waals surface area contributed by atoms with Crippen LogP contribution in [0.25, 0.3) is 0 Å². The molecule has 0 amide bonds. The molecule has 62 valence electrons. The van der Waals surface area contributed by atoms with Crippen molar-refractivity contribution in [1.82, 2.24) is 10.4 Å². The molecule has 0 rings (SSSR count). The maximum Gasteiger partial charge on any atom is 0.0189 e. The van der Waals surface area contributed by atoms with Gasteiger partial charge in [-0.05, 0) is 27.7 Å². The van der Waals surface area contributed by atoms with Crippen molar-refractivity contribution in [3.05, 3.63) is 0 Å². The van der Waals surface area contributed by atoms with E-state index in [0.29, 0.717) is 12.1 Å². The van der Waals surface area contributed by atoms with Gasteiger partial charge < -0.3 is 0 Å². The highest BCUT2D eigenvalue weighted by molar-refractivity contribution is 4.61. The lowest BCUT2D eigenvalue weighted by Crippen LogP contribution is -2.47. The van der Waals surface area contributed by atoms with Crippen LogP contribution in [0.3, 0.4) is 0 Å². The third-order valence-electron chi connectivity index (χ3n) is 1.45. The molecule has 0 bridgehead atoms. The molecule has 0 radical (unpaired) electrons. The van der Waals surface area contributed by atoms with E-state index in [1.165, 1.54) is 0 Å². The van der Waals surface area contributed by atoms with Crippen molar-refractivity contribution in [2.24, 2.45) is 0 Å². The Kier molecular flexibility index (Phi) is 4.65. The molecule has 2 nitrogen and oxygen atoms in total. The van der Waals surface area contributed by atoms with Crippen molar-refractivity contribution in [2.75, 3.05) is 6.54 Å². The van der Waals surface area contributed by atoms with Crippen LogP contribution in [0.15, 0.2) is 0 Å². The summed E-state index contributed by atoms with van der Waals surface area (Å²) in [6.07, 6.45) is 0. The molecule has 0 spiro atoms. The highest BCUT2D eigenvalue weighted by atomic mass is 15.5. The normalized spacial score (nSPS) is 12.0. The van der Waals surface area contributed by atoms with Gasteiger partial charge in [0.1, 0.15) is 0 Å². The molecule has 10 heavy (non-hydrogen) atoms. The average Bonchev–Trinajstić information content (AvgIpc) is 1.81. The lowest BCUT2D eigenvalue weighted by atomic mass is 10.3. The largest absolute Gasteiger partial charge is 0.255 e. The fourth-order valence-corrected chi connectivity index (χ4v) is 1.14. The van der Waals surface area contributed by atoms with Crippen molar-refractivity contribution < 1.29 is 0 Å². The van der Waals surface area contributed by atoms with Crippen LogP contribution in [0.5, 0.6) is 0 Å². The third-order valence-corrected chi connectivity index (χ3v) is 1.45. The van der Waals surface area contributed by atoms with Gasteiger partial charge in [0, 0.05) is 18.6 Å². The van der Waals surface area contributed by atoms with E-state index in [9.17, 15) is 0 Å². The fourth-order valence-electron chi connectivity index (χ4n) is 1.14. The first-order valence-electron chi connectivity index (χ1n) is 4.11. The number of nitrogens with one attached hydrogen (secondary N) is 1. The van der Waals surface area contributed by atoms with Gasteiger partial charge in [0.25, 0.3) is 0 Å². The van der Waals surface area contributed by atoms with E-state index in [4.69, 9.17) is 0 Å². The molecule has 0 aromatic carbocycles. The summed E-state index contributed by atoms with van der Waals surface area (Å²) in [7, 11) is 0. The molecule has 0 saturated heterocycles.